The quantitative estimate of drug-likeness (QED) is 0.269. The fourth-order valence-electron chi connectivity index (χ4n) is 0. The van der Waals surface area contributed by atoms with E-state index in [-0.39, 0.29) is 19.5 Å². The van der Waals surface area contributed by atoms with Gasteiger partial charge in [-0.3, -0.25) is 5.26 Å². The van der Waals surface area contributed by atoms with E-state index in [2.05, 4.69) is 11.8 Å². The Balaban J connectivity index is -0.0000000480. The summed E-state index contributed by atoms with van der Waals surface area (Å²) in [5.74, 6) is 0. The minimum absolute atomic E-state index is 0. The Kier molecular flexibility index (Phi) is 69.5. The summed E-state index contributed by atoms with van der Waals surface area (Å²) in [6, 6.07) is 0. The maximum Gasteiger partial charge on any atom is 0.0791 e. The summed E-state index contributed by atoms with van der Waals surface area (Å²) >= 11 is 0. The molecule has 0 fully saturated rings. The van der Waals surface area contributed by atoms with Crippen LogP contribution in [0.4, 0.5) is 0 Å². The first-order chi connectivity index (χ1) is 2.91. The van der Waals surface area contributed by atoms with Crippen LogP contribution in [0.3, 0.4) is 0 Å². The summed E-state index contributed by atoms with van der Waals surface area (Å²) in [5, 5.41) is 7.38. The predicted molar refractivity (Wildman–Crippen MR) is 25.3 cm³/mol. The van der Waals surface area contributed by atoms with E-state index in [9.17, 15) is 0 Å². The van der Waals surface area contributed by atoms with Crippen molar-refractivity contribution in [3.63, 3.8) is 0 Å². The van der Waals surface area contributed by atoms with Crippen molar-refractivity contribution >= 4 is 0 Å². The molecule has 0 rings (SSSR count). The average molecular weight is 157 g/mol. The Morgan fingerprint density at radius 3 is 1.71 bits per heavy atom. The molecule has 0 aliphatic rings. The molecule has 2 nitrogen and oxygen atoms in total. The Bertz CT molecular complexity index is 11.7. The van der Waals surface area contributed by atoms with Crippen molar-refractivity contribution in [2.24, 2.45) is 0 Å². The van der Waals surface area contributed by atoms with E-state index in [1.54, 1.807) is 13.8 Å². The van der Waals surface area contributed by atoms with Crippen LogP contribution < -0.4 is 0 Å². The predicted octanol–water partition coefficient (Wildman–Crippen LogP) is 1.33. The van der Waals surface area contributed by atoms with Crippen molar-refractivity contribution in [1.82, 2.24) is 0 Å². The van der Waals surface area contributed by atoms with Gasteiger partial charge in [0.2, 0.25) is 0 Å². The fraction of sp³-hybridized carbons (Fsp3) is 0.750. The first kappa shape index (κ1) is 15.6. The Morgan fingerprint density at radius 2 is 1.71 bits per heavy atom. The fourth-order valence-corrected chi connectivity index (χ4v) is 0. The first-order valence-corrected chi connectivity index (χ1v) is 1.89. The van der Waals surface area contributed by atoms with Gasteiger partial charge in [0.25, 0.3) is 0 Å². The van der Waals surface area contributed by atoms with Gasteiger partial charge in [0.05, 0.1) is 6.61 Å². The second kappa shape index (κ2) is 31.1. The van der Waals surface area contributed by atoms with E-state index in [4.69, 9.17) is 5.26 Å². The molecule has 7 heavy (non-hydrogen) atoms. The van der Waals surface area contributed by atoms with Crippen LogP contribution in [0.15, 0.2) is 0 Å². The Hall–Kier alpha value is 0.543. The second-order valence-corrected chi connectivity index (χ2v) is 0.418. The van der Waals surface area contributed by atoms with Crippen molar-refractivity contribution in [1.29, 1.82) is 0 Å². The number of hydrogen-bond acceptors (Lipinski definition) is 2. The van der Waals surface area contributed by atoms with E-state index < -0.39 is 0 Å². The zero-order chi connectivity index (χ0) is 5.41. The van der Waals surface area contributed by atoms with Crippen molar-refractivity contribution in [3.05, 3.63) is 6.92 Å². The monoisotopic (exact) mass is 155 g/mol. The summed E-state index contributed by atoms with van der Waals surface area (Å²) in [6.07, 6.45) is 0. The minimum atomic E-state index is 0. The van der Waals surface area contributed by atoms with Gasteiger partial charge in [0, 0.05) is 19.5 Å². The topological polar surface area (TPSA) is 29.5 Å². The van der Waals surface area contributed by atoms with Gasteiger partial charge in [0.1, 0.15) is 0 Å². The van der Waals surface area contributed by atoms with E-state index in [0.29, 0.717) is 6.61 Å². The molecule has 0 bridgehead atoms. The van der Waals surface area contributed by atoms with E-state index >= 15 is 0 Å². The van der Waals surface area contributed by atoms with Crippen LogP contribution in [-0.2, 0) is 24.4 Å². The molecule has 42 valence electrons. The van der Waals surface area contributed by atoms with Gasteiger partial charge in [0.15, 0.2) is 0 Å². The van der Waals surface area contributed by atoms with E-state index in [1.807, 2.05) is 0 Å². The minimum Gasteiger partial charge on any atom is -0.346 e. The van der Waals surface area contributed by atoms with Crippen LogP contribution in [0.1, 0.15) is 13.8 Å². The molecule has 0 saturated carbocycles. The molecule has 0 heterocycles. The van der Waals surface area contributed by atoms with Crippen LogP contribution in [-0.4, -0.2) is 11.9 Å². The normalized spacial score (nSPS) is 5.14. The summed E-state index contributed by atoms with van der Waals surface area (Å²) in [5.41, 5.74) is 0. The van der Waals surface area contributed by atoms with Gasteiger partial charge in [-0.25, -0.2) is 4.89 Å². The molecule has 0 aromatic heterocycles. The molecule has 0 atom stereocenters. The molecule has 1 N–H and O–H groups in total. The smallest absolute Gasteiger partial charge is 0.0791 e. The van der Waals surface area contributed by atoms with E-state index in [0.717, 1.165) is 0 Å². The van der Waals surface area contributed by atoms with E-state index in [1.165, 1.54) is 0 Å². The largest absolute Gasteiger partial charge is 0.346 e. The van der Waals surface area contributed by atoms with Gasteiger partial charge in [-0.2, -0.15) is 6.92 Å². The zero-order valence-corrected chi connectivity index (χ0v) is 7.94. The molecule has 0 aliphatic carbocycles. The van der Waals surface area contributed by atoms with Gasteiger partial charge < -0.3 is 6.92 Å². The molecule has 0 amide bonds. The van der Waals surface area contributed by atoms with Crippen molar-refractivity contribution < 1.29 is 29.6 Å². The Morgan fingerprint density at radius 1 is 1.57 bits per heavy atom. The maximum absolute atomic E-state index is 7.38. The van der Waals surface area contributed by atoms with Crippen LogP contribution in [0.2, 0.25) is 0 Å². The van der Waals surface area contributed by atoms with Crippen molar-refractivity contribution in [2.45, 2.75) is 13.8 Å². The van der Waals surface area contributed by atoms with Crippen LogP contribution in [0.5, 0.6) is 0 Å². The van der Waals surface area contributed by atoms with Crippen molar-refractivity contribution in [3.8, 4) is 0 Å². The third kappa shape index (κ3) is 56.7. The van der Waals surface area contributed by atoms with Gasteiger partial charge in [-0.1, -0.05) is 0 Å². The molecule has 0 radical (unpaired) electrons. The van der Waals surface area contributed by atoms with Gasteiger partial charge >= 0.3 is 0 Å². The zero-order valence-electron chi connectivity index (χ0n) is 4.98. The van der Waals surface area contributed by atoms with Crippen LogP contribution in [0.25, 0.3) is 0 Å². The van der Waals surface area contributed by atoms with Crippen LogP contribution >= 0.6 is 0 Å². The molecule has 0 aromatic carbocycles. The molecule has 0 unspecified atom stereocenters. The molecule has 0 aromatic rings. The SMILES string of the molecule is CCOO.[CH2-]C.[Zn]. The molecular formula is C4H11O2Zn-. The number of hydrogen-bond donors (Lipinski definition) is 1. The summed E-state index contributed by atoms with van der Waals surface area (Å²) in [6.45, 7) is 7.08. The third-order valence-corrected chi connectivity index (χ3v) is 0.129. The molecule has 0 spiro atoms. The van der Waals surface area contributed by atoms with Gasteiger partial charge in [-0.05, 0) is 6.92 Å². The summed E-state index contributed by atoms with van der Waals surface area (Å²) in [7, 11) is 0. The van der Waals surface area contributed by atoms with Crippen molar-refractivity contribution in [2.75, 3.05) is 6.61 Å². The second-order valence-electron chi connectivity index (χ2n) is 0.418. The Labute approximate surface area is 57.6 Å². The molecule has 0 aliphatic heterocycles. The molecular weight excluding hydrogens is 145 g/mol. The van der Waals surface area contributed by atoms with Gasteiger partial charge in [-0.15, -0.1) is 0 Å². The number of rotatable bonds is 1. The standard InChI is InChI=1S/C2H6O2.C2H5.Zn/c1-2-4-3;1-2;/h3H,2H2,1H3;1H2,2H3;/q;-1;. The average Bonchev–Trinajstić information content (AvgIpc) is 1.72. The first-order valence-electron chi connectivity index (χ1n) is 1.89. The summed E-state index contributed by atoms with van der Waals surface area (Å²) < 4.78 is 0. The third-order valence-electron chi connectivity index (χ3n) is 0.129. The molecule has 3 heteroatoms. The molecule has 0 saturated heterocycles. The maximum atomic E-state index is 7.38. The summed E-state index contributed by atoms with van der Waals surface area (Å²) in [4.78, 5) is 3.54. The van der Waals surface area contributed by atoms with Crippen LogP contribution in [0, 0.1) is 6.92 Å².